The smallest absolute Gasteiger partial charge is 0.251 e. The first-order valence-corrected chi connectivity index (χ1v) is 10.7. The van der Waals surface area contributed by atoms with Gasteiger partial charge in [-0.15, -0.1) is 0 Å². The van der Waals surface area contributed by atoms with Gasteiger partial charge in [0.25, 0.3) is 5.91 Å². The molecule has 1 aliphatic heterocycles. The molecule has 3 rings (SSSR count). The van der Waals surface area contributed by atoms with E-state index in [2.05, 4.69) is 28.2 Å². The molecule has 1 saturated heterocycles. The zero-order chi connectivity index (χ0) is 19.2. The minimum absolute atomic E-state index is 0.0301. The van der Waals surface area contributed by atoms with Crippen LogP contribution in [0.25, 0.3) is 0 Å². The van der Waals surface area contributed by atoms with Crippen LogP contribution in [0, 0.1) is 6.92 Å². The number of nitrogens with zero attached hydrogens (tertiary/aromatic N) is 3. The van der Waals surface area contributed by atoms with Crippen LogP contribution in [0.15, 0.2) is 35.5 Å². The van der Waals surface area contributed by atoms with Crippen LogP contribution in [0.5, 0.6) is 0 Å². The van der Waals surface area contributed by atoms with Crippen molar-refractivity contribution in [3.8, 4) is 0 Å². The number of thioether (sulfide) groups is 1. The second kappa shape index (κ2) is 9.22. The average Bonchev–Trinajstić information content (AvgIpc) is 2.67. The number of amides is 1. The van der Waals surface area contributed by atoms with Crippen molar-refractivity contribution in [2.75, 3.05) is 18.0 Å². The lowest BCUT2D eigenvalue weighted by molar-refractivity contribution is 0.0955. The first-order valence-electron chi connectivity index (χ1n) is 9.69. The maximum absolute atomic E-state index is 12.0. The second-order valence-electron chi connectivity index (χ2n) is 7.04. The molecule has 144 valence electrons. The highest BCUT2D eigenvalue weighted by Crippen LogP contribution is 2.27. The molecule has 6 heteroatoms. The predicted octanol–water partition coefficient (Wildman–Crippen LogP) is 4.21. The molecule has 2 heterocycles. The van der Waals surface area contributed by atoms with E-state index in [4.69, 9.17) is 4.98 Å². The van der Waals surface area contributed by atoms with Crippen molar-refractivity contribution in [2.45, 2.75) is 57.0 Å². The van der Waals surface area contributed by atoms with E-state index in [1.807, 2.05) is 38.1 Å². The Hall–Kier alpha value is -2.08. The number of nitrogens with one attached hydrogen (secondary N) is 1. The number of carbonyl (C=O) groups excluding carboxylic acids is 1. The molecule has 0 radical (unpaired) electrons. The van der Waals surface area contributed by atoms with E-state index >= 15 is 0 Å². The summed E-state index contributed by atoms with van der Waals surface area (Å²) in [4.78, 5) is 23.8. The van der Waals surface area contributed by atoms with Crippen molar-refractivity contribution in [2.24, 2.45) is 0 Å². The zero-order valence-corrected chi connectivity index (χ0v) is 17.2. The van der Waals surface area contributed by atoms with Gasteiger partial charge in [-0.3, -0.25) is 4.79 Å². The maximum atomic E-state index is 12.0. The topological polar surface area (TPSA) is 58.1 Å². The first-order chi connectivity index (χ1) is 13.1. The Kier molecular flexibility index (Phi) is 6.72. The SMILES string of the molecule is CCNC(=O)c1cccc(CSc2nc(C)cc(N3CCCCC3C)n2)c1. The fourth-order valence-corrected chi connectivity index (χ4v) is 4.23. The van der Waals surface area contributed by atoms with Crippen molar-refractivity contribution >= 4 is 23.5 Å². The van der Waals surface area contributed by atoms with Gasteiger partial charge in [-0.2, -0.15) is 0 Å². The van der Waals surface area contributed by atoms with E-state index in [1.54, 1.807) is 11.8 Å². The third kappa shape index (κ3) is 5.22. The number of carbonyl (C=O) groups is 1. The van der Waals surface area contributed by atoms with Crippen molar-refractivity contribution in [3.63, 3.8) is 0 Å². The fraction of sp³-hybridized carbons (Fsp3) is 0.476. The Labute approximate surface area is 166 Å². The van der Waals surface area contributed by atoms with Gasteiger partial charge in [-0.1, -0.05) is 23.9 Å². The summed E-state index contributed by atoms with van der Waals surface area (Å²) in [7, 11) is 0. The highest BCUT2D eigenvalue weighted by atomic mass is 32.2. The van der Waals surface area contributed by atoms with Crippen LogP contribution in [0.3, 0.4) is 0 Å². The average molecular weight is 385 g/mol. The van der Waals surface area contributed by atoms with Crippen LogP contribution in [0.1, 0.15) is 54.7 Å². The Morgan fingerprint density at radius 2 is 2.15 bits per heavy atom. The van der Waals surface area contributed by atoms with Crippen LogP contribution in [-0.2, 0) is 5.75 Å². The maximum Gasteiger partial charge on any atom is 0.251 e. The highest BCUT2D eigenvalue weighted by Gasteiger charge is 2.20. The molecule has 5 nitrogen and oxygen atoms in total. The van der Waals surface area contributed by atoms with E-state index in [0.29, 0.717) is 18.2 Å². The van der Waals surface area contributed by atoms with Crippen molar-refractivity contribution in [3.05, 3.63) is 47.2 Å². The summed E-state index contributed by atoms with van der Waals surface area (Å²) in [6.45, 7) is 7.92. The first kappa shape index (κ1) is 19.7. The lowest BCUT2D eigenvalue weighted by atomic mass is 10.0. The van der Waals surface area contributed by atoms with Gasteiger partial charge in [0.1, 0.15) is 5.82 Å². The third-order valence-electron chi connectivity index (χ3n) is 4.81. The van der Waals surface area contributed by atoms with E-state index in [0.717, 1.165) is 34.5 Å². The molecule has 0 saturated carbocycles. The minimum atomic E-state index is -0.0301. The lowest BCUT2D eigenvalue weighted by Crippen LogP contribution is -2.38. The lowest BCUT2D eigenvalue weighted by Gasteiger charge is -2.34. The number of hydrogen-bond donors (Lipinski definition) is 1. The quantitative estimate of drug-likeness (QED) is 0.597. The summed E-state index contributed by atoms with van der Waals surface area (Å²) >= 11 is 1.62. The number of piperidine rings is 1. The number of aryl methyl sites for hydroxylation is 1. The number of hydrogen-bond acceptors (Lipinski definition) is 5. The number of benzene rings is 1. The summed E-state index contributed by atoms with van der Waals surface area (Å²) in [6, 6.07) is 10.4. The molecular formula is C21H28N4OS. The highest BCUT2D eigenvalue weighted by molar-refractivity contribution is 7.98. The van der Waals surface area contributed by atoms with Crippen LogP contribution in [-0.4, -0.2) is 35.0 Å². The standard InChI is InChI=1S/C21H28N4OS/c1-4-22-20(26)18-10-7-9-17(13-18)14-27-21-23-15(2)12-19(24-21)25-11-6-5-8-16(25)3/h7,9-10,12-13,16H,4-6,8,11,14H2,1-3H3,(H,22,26). The van der Waals surface area contributed by atoms with Gasteiger partial charge in [0.05, 0.1) is 0 Å². The van der Waals surface area contributed by atoms with Gasteiger partial charge >= 0.3 is 0 Å². The largest absolute Gasteiger partial charge is 0.354 e. The Bertz CT molecular complexity index is 796. The predicted molar refractivity (Wildman–Crippen MR) is 111 cm³/mol. The summed E-state index contributed by atoms with van der Waals surface area (Å²) in [6.07, 6.45) is 3.74. The number of anilines is 1. The van der Waals surface area contributed by atoms with Gasteiger partial charge in [-0.05, 0) is 57.7 Å². The van der Waals surface area contributed by atoms with E-state index in [1.165, 1.54) is 19.3 Å². The summed E-state index contributed by atoms with van der Waals surface area (Å²) in [5, 5.41) is 3.64. The van der Waals surface area contributed by atoms with Crippen molar-refractivity contribution in [1.29, 1.82) is 0 Å². The Morgan fingerprint density at radius 1 is 1.30 bits per heavy atom. The van der Waals surface area contributed by atoms with Crippen LogP contribution in [0.2, 0.25) is 0 Å². The zero-order valence-electron chi connectivity index (χ0n) is 16.4. The van der Waals surface area contributed by atoms with Gasteiger partial charge in [0.15, 0.2) is 5.16 Å². The summed E-state index contributed by atoms with van der Waals surface area (Å²) in [5.41, 5.74) is 2.79. The second-order valence-corrected chi connectivity index (χ2v) is 7.98. The molecular weight excluding hydrogens is 356 g/mol. The molecule has 1 aromatic carbocycles. The van der Waals surface area contributed by atoms with E-state index in [-0.39, 0.29) is 5.91 Å². The Morgan fingerprint density at radius 3 is 2.93 bits per heavy atom. The number of rotatable bonds is 6. The molecule has 1 atom stereocenters. The molecule has 0 aliphatic carbocycles. The number of aromatic nitrogens is 2. The minimum Gasteiger partial charge on any atom is -0.354 e. The molecule has 0 spiro atoms. The molecule has 2 aromatic rings. The molecule has 1 aromatic heterocycles. The van der Waals surface area contributed by atoms with Gasteiger partial charge in [0, 0.05) is 42.2 Å². The Balaban J connectivity index is 1.71. The van der Waals surface area contributed by atoms with E-state index < -0.39 is 0 Å². The molecule has 1 amide bonds. The molecule has 27 heavy (non-hydrogen) atoms. The van der Waals surface area contributed by atoms with Crippen molar-refractivity contribution in [1.82, 2.24) is 15.3 Å². The molecule has 1 fully saturated rings. The van der Waals surface area contributed by atoms with Crippen molar-refractivity contribution < 1.29 is 4.79 Å². The normalized spacial score (nSPS) is 17.0. The summed E-state index contributed by atoms with van der Waals surface area (Å²) < 4.78 is 0. The fourth-order valence-electron chi connectivity index (χ4n) is 3.39. The molecule has 1 aliphatic rings. The summed E-state index contributed by atoms with van der Waals surface area (Å²) in [5.74, 6) is 1.75. The molecule has 1 unspecified atom stereocenters. The van der Waals surface area contributed by atoms with E-state index in [9.17, 15) is 4.79 Å². The third-order valence-corrected chi connectivity index (χ3v) is 5.73. The monoisotopic (exact) mass is 384 g/mol. The van der Waals surface area contributed by atoms with Gasteiger partial charge in [-0.25, -0.2) is 9.97 Å². The van der Waals surface area contributed by atoms with Crippen LogP contribution >= 0.6 is 11.8 Å². The van der Waals surface area contributed by atoms with Gasteiger partial charge in [0.2, 0.25) is 0 Å². The van der Waals surface area contributed by atoms with Gasteiger partial charge < -0.3 is 10.2 Å². The molecule has 1 N–H and O–H groups in total. The van der Waals surface area contributed by atoms with Crippen LogP contribution < -0.4 is 10.2 Å². The molecule has 0 bridgehead atoms. The van der Waals surface area contributed by atoms with Crippen LogP contribution in [0.4, 0.5) is 5.82 Å².